The Morgan fingerprint density at radius 3 is 2.83 bits per heavy atom. The quantitative estimate of drug-likeness (QED) is 0.386. The fraction of sp³-hybridized carbons (Fsp3) is 0.238. The van der Waals surface area contributed by atoms with Crippen LogP contribution in [-0.2, 0) is 17.8 Å². The average Bonchev–Trinajstić information content (AvgIpc) is 2.71. The Bertz CT molecular complexity index is 1120. The Labute approximate surface area is 172 Å². The highest BCUT2D eigenvalue weighted by Gasteiger charge is 2.27. The number of fused-ring (bicyclic) bond motifs is 2. The summed E-state index contributed by atoms with van der Waals surface area (Å²) in [4.78, 5) is 25.0. The van der Waals surface area contributed by atoms with Crippen molar-refractivity contribution in [2.45, 2.75) is 31.9 Å². The molecule has 0 saturated carbocycles. The summed E-state index contributed by atoms with van der Waals surface area (Å²) in [5.41, 5.74) is 10.4. The number of amides is 1. The molecule has 0 aliphatic carbocycles. The molecular weight excluding hydrogens is 388 g/mol. The van der Waals surface area contributed by atoms with Crippen LogP contribution in [0.1, 0.15) is 27.9 Å². The number of aliphatic hydroxyl groups excluding tert-OH is 1. The second kappa shape index (κ2) is 7.81. The van der Waals surface area contributed by atoms with Crippen LogP contribution in [0.15, 0.2) is 35.5 Å². The molecule has 0 radical (unpaired) electrons. The van der Waals surface area contributed by atoms with Crippen molar-refractivity contribution in [3.8, 4) is 23.0 Å². The van der Waals surface area contributed by atoms with Crippen LogP contribution in [0, 0.1) is 13.8 Å². The van der Waals surface area contributed by atoms with Gasteiger partial charge in [0.1, 0.15) is 5.03 Å². The van der Waals surface area contributed by atoms with Crippen LogP contribution in [-0.4, -0.2) is 31.7 Å². The number of thioether (sulfide) groups is 1. The van der Waals surface area contributed by atoms with Gasteiger partial charge in [0.25, 0.3) is 0 Å². The van der Waals surface area contributed by atoms with E-state index in [1.165, 1.54) is 11.8 Å². The minimum Gasteiger partial charge on any atom is -0.436 e. The number of nitrogens with two attached hydrogens (primary N) is 1. The van der Waals surface area contributed by atoms with Gasteiger partial charge in [-0.25, -0.2) is 4.98 Å². The summed E-state index contributed by atoms with van der Waals surface area (Å²) in [7, 11) is 0. The van der Waals surface area contributed by atoms with Gasteiger partial charge in [-0.05, 0) is 19.9 Å². The number of ether oxygens (including phenoxy) is 1. The van der Waals surface area contributed by atoms with Crippen molar-refractivity contribution in [2.24, 2.45) is 5.73 Å². The number of hydrogen-bond acceptors (Lipinski definition) is 7. The van der Waals surface area contributed by atoms with E-state index in [-0.39, 0.29) is 12.4 Å². The Morgan fingerprint density at radius 1 is 1.28 bits per heavy atom. The Hall–Kier alpha value is -2.97. The van der Waals surface area contributed by atoms with Crippen LogP contribution in [0.4, 0.5) is 0 Å². The topological polar surface area (TPSA) is 111 Å². The predicted octanol–water partition coefficient (Wildman–Crippen LogP) is 2.92. The average molecular weight is 408 g/mol. The minimum atomic E-state index is -0.423. The van der Waals surface area contributed by atoms with E-state index in [9.17, 15) is 9.90 Å². The maximum absolute atomic E-state index is 11.4. The van der Waals surface area contributed by atoms with E-state index in [1.54, 1.807) is 6.20 Å². The molecule has 29 heavy (non-hydrogen) atoms. The molecule has 3 N–H and O–H groups in total. The molecule has 0 fully saturated rings. The number of nitrogens with zero attached hydrogens (tertiary/aromatic N) is 3. The molecule has 0 unspecified atom stereocenters. The SMILES string of the molecule is Cc1cccc(-c2nc3c(c(SCC(N)=O)n2)Cc2c(CO)cnc(C)c2O3)c1. The number of rotatable bonds is 5. The molecule has 0 bridgehead atoms. The normalized spacial score (nSPS) is 12.1. The third-order valence-corrected chi connectivity index (χ3v) is 5.73. The molecule has 3 heterocycles. The number of carbonyl (C=O) groups excluding carboxylic acids is 1. The summed E-state index contributed by atoms with van der Waals surface area (Å²) in [6.45, 7) is 3.72. The van der Waals surface area contributed by atoms with E-state index < -0.39 is 5.91 Å². The van der Waals surface area contributed by atoms with Crippen LogP contribution < -0.4 is 10.5 Å². The zero-order valence-corrected chi connectivity index (χ0v) is 16.9. The van der Waals surface area contributed by atoms with Gasteiger partial charge in [0.15, 0.2) is 11.6 Å². The molecule has 1 aliphatic heterocycles. The van der Waals surface area contributed by atoms with Crippen molar-refractivity contribution in [2.75, 3.05) is 5.75 Å². The molecule has 3 aromatic rings. The lowest BCUT2D eigenvalue weighted by Gasteiger charge is -2.24. The number of hydrogen-bond donors (Lipinski definition) is 2. The first-order chi connectivity index (χ1) is 14.0. The van der Waals surface area contributed by atoms with Gasteiger partial charge in [0.05, 0.1) is 23.6 Å². The summed E-state index contributed by atoms with van der Waals surface area (Å²) in [5.74, 6) is 1.26. The van der Waals surface area contributed by atoms with Gasteiger partial charge in [0.2, 0.25) is 11.8 Å². The molecule has 7 nitrogen and oxygen atoms in total. The number of benzene rings is 1. The van der Waals surface area contributed by atoms with Gasteiger partial charge in [-0.15, -0.1) is 0 Å². The van der Waals surface area contributed by atoms with E-state index in [4.69, 9.17) is 15.5 Å². The van der Waals surface area contributed by atoms with Crippen LogP contribution in [0.5, 0.6) is 11.6 Å². The summed E-state index contributed by atoms with van der Waals surface area (Å²) in [6.07, 6.45) is 2.14. The van der Waals surface area contributed by atoms with Crippen LogP contribution in [0.3, 0.4) is 0 Å². The number of pyridine rings is 1. The highest BCUT2D eigenvalue weighted by atomic mass is 32.2. The Kier molecular flexibility index (Phi) is 5.21. The molecule has 148 valence electrons. The number of aromatic nitrogens is 3. The summed E-state index contributed by atoms with van der Waals surface area (Å²) in [6, 6.07) is 7.88. The zero-order chi connectivity index (χ0) is 20.5. The largest absolute Gasteiger partial charge is 0.436 e. The van der Waals surface area contributed by atoms with Crippen molar-refractivity contribution >= 4 is 17.7 Å². The van der Waals surface area contributed by atoms with Gasteiger partial charge in [-0.3, -0.25) is 9.78 Å². The molecular formula is C21H20N4O3S. The molecule has 2 aromatic heterocycles. The van der Waals surface area contributed by atoms with Crippen LogP contribution in [0.2, 0.25) is 0 Å². The van der Waals surface area contributed by atoms with Crippen molar-refractivity contribution < 1.29 is 14.6 Å². The van der Waals surface area contributed by atoms with E-state index in [2.05, 4.69) is 9.97 Å². The fourth-order valence-corrected chi connectivity index (χ4v) is 4.03. The fourth-order valence-electron chi connectivity index (χ4n) is 3.27. The van der Waals surface area contributed by atoms with Gasteiger partial charge in [-0.1, -0.05) is 35.5 Å². The van der Waals surface area contributed by atoms with Crippen LogP contribution in [0.25, 0.3) is 11.4 Å². The zero-order valence-electron chi connectivity index (χ0n) is 16.1. The monoisotopic (exact) mass is 408 g/mol. The van der Waals surface area contributed by atoms with E-state index in [0.29, 0.717) is 34.5 Å². The van der Waals surface area contributed by atoms with Gasteiger partial charge < -0.3 is 15.6 Å². The van der Waals surface area contributed by atoms with E-state index in [1.807, 2.05) is 38.1 Å². The smallest absolute Gasteiger partial charge is 0.227 e. The lowest BCUT2D eigenvalue weighted by atomic mass is 9.99. The first kappa shape index (κ1) is 19.4. The van der Waals surface area contributed by atoms with Crippen LogP contribution >= 0.6 is 11.8 Å². The maximum atomic E-state index is 11.4. The van der Waals surface area contributed by atoms with Crippen molar-refractivity contribution in [1.29, 1.82) is 0 Å². The third kappa shape index (κ3) is 3.81. The van der Waals surface area contributed by atoms with Crippen molar-refractivity contribution in [1.82, 2.24) is 15.0 Å². The van der Waals surface area contributed by atoms with E-state index >= 15 is 0 Å². The molecule has 1 amide bonds. The Morgan fingerprint density at radius 2 is 2.10 bits per heavy atom. The van der Waals surface area contributed by atoms with Gasteiger partial charge in [0, 0.05) is 29.3 Å². The molecule has 0 atom stereocenters. The number of aliphatic hydroxyl groups is 1. The molecule has 4 rings (SSSR count). The molecule has 1 aliphatic rings. The highest BCUT2D eigenvalue weighted by Crippen LogP contribution is 2.42. The summed E-state index contributed by atoms with van der Waals surface area (Å²) >= 11 is 1.26. The first-order valence-corrected chi connectivity index (χ1v) is 10.1. The van der Waals surface area contributed by atoms with Gasteiger partial charge in [-0.2, -0.15) is 4.98 Å². The van der Waals surface area contributed by atoms with Crippen molar-refractivity contribution in [3.05, 3.63) is 58.4 Å². The number of primary amides is 1. The number of carbonyl (C=O) groups is 1. The first-order valence-electron chi connectivity index (χ1n) is 9.11. The second-order valence-corrected chi connectivity index (χ2v) is 7.84. The second-order valence-electron chi connectivity index (χ2n) is 6.87. The molecule has 0 spiro atoms. The summed E-state index contributed by atoms with van der Waals surface area (Å²) in [5, 5.41) is 10.4. The molecule has 1 aromatic carbocycles. The number of aryl methyl sites for hydroxylation is 2. The highest BCUT2D eigenvalue weighted by molar-refractivity contribution is 7.99. The molecule has 0 saturated heterocycles. The Balaban J connectivity index is 1.85. The van der Waals surface area contributed by atoms with E-state index in [0.717, 1.165) is 27.9 Å². The summed E-state index contributed by atoms with van der Waals surface area (Å²) < 4.78 is 6.14. The standard InChI is InChI=1S/C21H20N4O3S/c1-11-4-3-5-13(6-11)19-24-20-16(21(25-19)29-10-17(22)27)7-15-14(9-26)8-23-12(2)18(15)28-20/h3-6,8,26H,7,9-10H2,1-2H3,(H2,22,27). The lowest BCUT2D eigenvalue weighted by molar-refractivity contribution is -0.115. The minimum absolute atomic E-state index is 0.103. The molecule has 8 heteroatoms. The third-order valence-electron chi connectivity index (χ3n) is 4.69. The predicted molar refractivity (Wildman–Crippen MR) is 110 cm³/mol. The van der Waals surface area contributed by atoms with Gasteiger partial charge >= 0.3 is 0 Å². The maximum Gasteiger partial charge on any atom is 0.227 e. The van der Waals surface area contributed by atoms with Crippen molar-refractivity contribution in [3.63, 3.8) is 0 Å². The lowest BCUT2D eigenvalue weighted by Crippen LogP contribution is -2.15.